The largest absolute Gasteiger partial charge is 0.478 e. The molecule has 0 atom stereocenters. The van der Waals surface area contributed by atoms with Crippen LogP contribution in [-0.2, 0) is 4.79 Å². The van der Waals surface area contributed by atoms with Gasteiger partial charge in [-0.3, -0.25) is 0 Å². The Bertz CT molecular complexity index is 306. The molecule has 0 fully saturated rings. The van der Waals surface area contributed by atoms with Gasteiger partial charge in [-0.25, -0.2) is 4.79 Å². The van der Waals surface area contributed by atoms with Gasteiger partial charge in [0.15, 0.2) is 0 Å². The number of carbonyl (C=O) groups is 1. The van der Waals surface area contributed by atoms with Crippen molar-refractivity contribution in [2.75, 3.05) is 0 Å². The van der Waals surface area contributed by atoms with Crippen molar-refractivity contribution in [2.45, 2.75) is 4.21 Å². The Morgan fingerprint density at radius 1 is 1.67 bits per heavy atom. The summed E-state index contributed by atoms with van der Waals surface area (Å²) in [6.07, 6.45) is 1.10. The highest BCUT2D eigenvalue weighted by Crippen LogP contribution is 2.30. The summed E-state index contributed by atoms with van der Waals surface area (Å²) in [5.41, 5.74) is 0. The normalized spacial score (nSPS) is 10.8. The molecule has 0 unspecified atom stereocenters. The molecule has 0 saturated heterocycles. The van der Waals surface area contributed by atoms with Crippen molar-refractivity contribution in [1.29, 1.82) is 0 Å². The summed E-state index contributed by atoms with van der Waals surface area (Å²) in [6, 6.07) is 3.63. The van der Waals surface area contributed by atoms with Gasteiger partial charge in [0, 0.05) is 6.08 Å². The van der Waals surface area contributed by atoms with Gasteiger partial charge >= 0.3 is 5.97 Å². The molecule has 0 aliphatic carbocycles. The number of hydrogen-bond acceptors (Lipinski definition) is 3. The van der Waals surface area contributed by atoms with Crippen molar-refractivity contribution >= 4 is 40.7 Å². The first-order valence-electron chi connectivity index (χ1n) is 3.00. The highest BCUT2D eigenvalue weighted by molar-refractivity contribution is 8.03. The molecule has 0 radical (unpaired) electrons. The highest BCUT2D eigenvalue weighted by atomic mass is 35.5. The molecule has 0 aliphatic rings. The maximum absolute atomic E-state index is 10.1. The van der Waals surface area contributed by atoms with E-state index in [0.717, 1.165) is 10.3 Å². The van der Waals surface area contributed by atoms with Crippen molar-refractivity contribution in [2.24, 2.45) is 0 Å². The van der Waals surface area contributed by atoms with Gasteiger partial charge in [-0.15, -0.1) is 11.3 Å². The smallest absolute Gasteiger partial charge is 0.328 e. The zero-order chi connectivity index (χ0) is 8.97. The lowest BCUT2D eigenvalue weighted by atomic mass is 10.7. The van der Waals surface area contributed by atoms with Gasteiger partial charge in [0.25, 0.3) is 0 Å². The minimum atomic E-state index is -0.940. The Labute approximate surface area is 82.9 Å². The van der Waals surface area contributed by atoms with Gasteiger partial charge < -0.3 is 5.11 Å². The number of carboxylic acids is 1. The van der Waals surface area contributed by atoms with E-state index in [2.05, 4.69) is 0 Å². The highest BCUT2D eigenvalue weighted by Gasteiger charge is 1.95. The maximum atomic E-state index is 10.1. The van der Waals surface area contributed by atoms with Gasteiger partial charge in [0.05, 0.1) is 8.55 Å². The lowest BCUT2D eigenvalue weighted by molar-refractivity contribution is -0.131. The molecule has 0 bridgehead atoms. The van der Waals surface area contributed by atoms with Crippen LogP contribution in [0.15, 0.2) is 27.8 Å². The molecule has 0 spiro atoms. The average Bonchev–Trinajstić information content (AvgIpc) is 2.35. The molecule has 2 nitrogen and oxygen atoms in total. The Kier molecular flexibility index (Phi) is 3.65. The number of rotatable bonds is 3. The second kappa shape index (κ2) is 4.54. The molecule has 1 rings (SSSR count). The number of aliphatic carboxylic acids is 1. The van der Waals surface area contributed by atoms with Crippen LogP contribution in [0.3, 0.4) is 0 Å². The van der Waals surface area contributed by atoms with E-state index in [1.807, 2.05) is 6.07 Å². The van der Waals surface area contributed by atoms with Crippen LogP contribution in [0.4, 0.5) is 0 Å². The molecule has 0 saturated carbocycles. The van der Waals surface area contributed by atoms with Crippen molar-refractivity contribution < 1.29 is 9.90 Å². The second-order valence-corrected chi connectivity index (χ2v) is 4.74. The molecule has 1 aromatic rings. The van der Waals surface area contributed by atoms with Crippen LogP contribution in [0.2, 0.25) is 4.34 Å². The summed E-state index contributed by atoms with van der Waals surface area (Å²) in [6.45, 7) is 0. The van der Waals surface area contributed by atoms with Crippen LogP contribution in [0, 0.1) is 0 Å². The summed E-state index contributed by atoms with van der Waals surface area (Å²) in [7, 11) is 0. The van der Waals surface area contributed by atoms with Crippen LogP contribution in [0.5, 0.6) is 0 Å². The number of hydrogen-bond donors (Lipinski definition) is 1. The molecule has 1 heterocycles. The first kappa shape index (κ1) is 9.64. The second-order valence-electron chi connectivity index (χ2n) is 1.82. The fourth-order valence-corrected chi connectivity index (χ4v) is 2.53. The maximum Gasteiger partial charge on any atom is 0.328 e. The van der Waals surface area contributed by atoms with Gasteiger partial charge in [0.2, 0.25) is 0 Å². The number of thioether (sulfide) groups is 1. The van der Waals surface area contributed by atoms with E-state index in [4.69, 9.17) is 16.7 Å². The fraction of sp³-hybridized carbons (Fsp3) is 0. The third-order valence-corrected chi connectivity index (χ3v) is 3.15. The molecule has 1 aromatic heterocycles. The van der Waals surface area contributed by atoms with Crippen LogP contribution in [0.1, 0.15) is 0 Å². The van der Waals surface area contributed by atoms with Gasteiger partial charge in [-0.1, -0.05) is 23.4 Å². The zero-order valence-corrected chi connectivity index (χ0v) is 8.25. The number of thiophene rings is 1. The molecule has 12 heavy (non-hydrogen) atoms. The summed E-state index contributed by atoms with van der Waals surface area (Å²) in [5.74, 6) is -0.940. The Morgan fingerprint density at radius 2 is 2.42 bits per heavy atom. The SMILES string of the molecule is O=C(O)/C=C/Sc1ccc(Cl)s1. The lowest BCUT2D eigenvalue weighted by Gasteiger charge is -1.84. The molecule has 0 amide bonds. The quantitative estimate of drug-likeness (QED) is 0.628. The predicted octanol–water partition coefficient (Wildman–Crippen LogP) is 3.09. The minimum absolute atomic E-state index is 0.709. The monoisotopic (exact) mass is 220 g/mol. The molecule has 64 valence electrons. The molecular weight excluding hydrogens is 216 g/mol. The van der Waals surface area contributed by atoms with Crippen molar-refractivity contribution in [3.63, 3.8) is 0 Å². The van der Waals surface area contributed by atoms with Crippen molar-refractivity contribution in [1.82, 2.24) is 0 Å². The first-order valence-corrected chi connectivity index (χ1v) is 5.07. The molecule has 5 heteroatoms. The lowest BCUT2D eigenvalue weighted by Crippen LogP contribution is -1.83. The van der Waals surface area contributed by atoms with Crippen LogP contribution in [-0.4, -0.2) is 11.1 Å². The molecular formula is C7H5ClO2S2. The predicted molar refractivity (Wildman–Crippen MR) is 52.0 cm³/mol. The van der Waals surface area contributed by atoms with E-state index >= 15 is 0 Å². The summed E-state index contributed by atoms with van der Waals surface area (Å²) in [5, 5.41) is 9.79. The minimum Gasteiger partial charge on any atom is -0.478 e. The molecule has 0 aromatic carbocycles. The van der Waals surface area contributed by atoms with E-state index in [9.17, 15) is 4.79 Å². The van der Waals surface area contributed by atoms with Crippen molar-refractivity contribution in [3.8, 4) is 0 Å². The Balaban J connectivity index is 2.48. The number of halogens is 1. The third-order valence-electron chi connectivity index (χ3n) is 0.943. The van der Waals surface area contributed by atoms with Crippen LogP contribution < -0.4 is 0 Å². The van der Waals surface area contributed by atoms with Crippen LogP contribution in [0.25, 0.3) is 0 Å². The third kappa shape index (κ3) is 3.30. The Hall–Kier alpha value is -0.450. The van der Waals surface area contributed by atoms with E-state index in [1.165, 1.54) is 28.5 Å². The van der Waals surface area contributed by atoms with E-state index in [1.54, 1.807) is 6.07 Å². The van der Waals surface area contributed by atoms with E-state index in [0.29, 0.717) is 4.34 Å². The topological polar surface area (TPSA) is 37.3 Å². The summed E-state index contributed by atoms with van der Waals surface area (Å²) < 4.78 is 1.69. The van der Waals surface area contributed by atoms with Gasteiger partial charge in [0.1, 0.15) is 0 Å². The summed E-state index contributed by atoms with van der Waals surface area (Å²) >= 11 is 8.43. The molecule has 1 N–H and O–H groups in total. The summed E-state index contributed by atoms with van der Waals surface area (Å²) in [4.78, 5) is 10.1. The van der Waals surface area contributed by atoms with Crippen LogP contribution >= 0.6 is 34.7 Å². The van der Waals surface area contributed by atoms with Crippen molar-refractivity contribution in [3.05, 3.63) is 28.0 Å². The van der Waals surface area contributed by atoms with E-state index in [-0.39, 0.29) is 0 Å². The van der Waals surface area contributed by atoms with E-state index < -0.39 is 5.97 Å². The fourth-order valence-electron chi connectivity index (χ4n) is 0.520. The standard InChI is InChI=1S/C7H5ClO2S2/c8-5-1-2-7(12-5)11-4-3-6(9)10/h1-4H,(H,9,10)/b4-3+. The Morgan fingerprint density at radius 3 is 2.92 bits per heavy atom. The van der Waals surface area contributed by atoms with Gasteiger partial charge in [-0.2, -0.15) is 0 Å². The number of carboxylic acid groups (broad SMARTS) is 1. The zero-order valence-electron chi connectivity index (χ0n) is 5.86. The average molecular weight is 221 g/mol. The van der Waals surface area contributed by atoms with Gasteiger partial charge in [-0.05, 0) is 17.5 Å². The first-order chi connectivity index (χ1) is 5.68. The molecule has 0 aliphatic heterocycles.